The van der Waals surface area contributed by atoms with Crippen LogP contribution in [0.4, 0.5) is 0 Å². The molecule has 1 saturated heterocycles. The Hall–Kier alpha value is -1.39. The van der Waals surface area contributed by atoms with Crippen molar-refractivity contribution in [1.29, 1.82) is 0 Å². The van der Waals surface area contributed by atoms with Crippen molar-refractivity contribution in [3.8, 4) is 0 Å². The lowest BCUT2D eigenvalue weighted by atomic mass is 9.83. The first kappa shape index (κ1) is 16.1. The molecule has 2 N–H and O–H groups in total. The van der Waals surface area contributed by atoms with Crippen LogP contribution in [0.5, 0.6) is 0 Å². The minimum atomic E-state index is -0.870. The predicted octanol–water partition coefficient (Wildman–Crippen LogP) is 3.28. The van der Waals surface area contributed by atoms with Crippen LogP contribution in [0.2, 0.25) is 5.02 Å². The summed E-state index contributed by atoms with van der Waals surface area (Å²) in [7, 11) is 0. The zero-order chi connectivity index (χ0) is 16.7. The van der Waals surface area contributed by atoms with Gasteiger partial charge in [-0.25, -0.2) is 0 Å². The number of halogens is 1. The summed E-state index contributed by atoms with van der Waals surface area (Å²) in [5, 5.41) is 22.3. The van der Waals surface area contributed by atoms with E-state index in [1.807, 2.05) is 42.5 Å². The number of hydrogen-bond donors (Lipinski definition) is 2. The minimum absolute atomic E-state index is 0.109. The Bertz CT molecular complexity index is 740. The largest absolute Gasteiger partial charge is 0.387 e. The van der Waals surface area contributed by atoms with Gasteiger partial charge in [0.05, 0.1) is 11.7 Å². The van der Waals surface area contributed by atoms with Crippen molar-refractivity contribution >= 4 is 11.6 Å². The van der Waals surface area contributed by atoms with Gasteiger partial charge in [0.1, 0.15) is 0 Å². The van der Waals surface area contributed by atoms with Gasteiger partial charge in [0.2, 0.25) is 0 Å². The molecular formula is C20H22ClNO2. The van der Waals surface area contributed by atoms with E-state index in [0.717, 1.165) is 30.6 Å². The van der Waals surface area contributed by atoms with Crippen LogP contribution in [-0.4, -0.2) is 34.2 Å². The quantitative estimate of drug-likeness (QED) is 0.879. The Morgan fingerprint density at radius 2 is 1.67 bits per heavy atom. The van der Waals surface area contributed by atoms with Crippen LogP contribution in [0.25, 0.3) is 0 Å². The number of hydrogen-bond acceptors (Lipinski definition) is 3. The normalized spacial score (nSPS) is 26.3. The van der Waals surface area contributed by atoms with Crippen molar-refractivity contribution in [2.24, 2.45) is 0 Å². The molecular weight excluding hydrogens is 322 g/mol. The van der Waals surface area contributed by atoms with E-state index in [1.165, 1.54) is 5.56 Å². The Balaban J connectivity index is 1.49. The first-order valence-electron chi connectivity index (χ1n) is 8.56. The molecule has 2 aliphatic rings. The van der Waals surface area contributed by atoms with Crippen molar-refractivity contribution < 1.29 is 10.2 Å². The number of rotatable bonds is 2. The SMILES string of the molecule is OC1c2ccccc2CC1N1CCC(O)(c2ccccc2Cl)CC1. The smallest absolute Gasteiger partial charge is 0.0951 e. The molecule has 0 amide bonds. The van der Waals surface area contributed by atoms with E-state index in [4.69, 9.17) is 11.6 Å². The Kier molecular flexibility index (Phi) is 4.13. The highest BCUT2D eigenvalue weighted by Gasteiger charge is 2.41. The van der Waals surface area contributed by atoms with Crippen LogP contribution >= 0.6 is 11.6 Å². The predicted molar refractivity (Wildman–Crippen MR) is 95.0 cm³/mol. The van der Waals surface area contributed by atoms with Crippen molar-refractivity contribution in [3.63, 3.8) is 0 Å². The van der Waals surface area contributed by atoms with Crippen molar-refractivity contribution in [3.05, 3.63) is 70.2 Å². The van der Waals surface area contributed by atoms with Gasteiger partial charge in [0.25, 0.3) is 0 Å². The Morgan fingerprint density at radius 3 is 2.38 bits per heavy atom. The molecule has 1 aliphatic heterocycles. The van der Waals surface area contributed by atoms with Gasteiger partial charge in [-0.1, -0.05) is 54.1 Å². The third-order valence-corrected chi connectivity index (χ3v) is 5.97. The van der Waals surface area contributed by atoms with Gasteiger partial charge in [0.15, 0.2) is 0 Å². The second-order valence-electron chi connectivity index (χ2n) is 6.96. The molecule has 2 aromatic rings. The molecule has 1 heterocycles. The summed E-state index contributed by atoms with van der Waals surface area (Å²) >= 11 is 6.28. The van der Waals surface area contributed by atoms with E-state index in [0.29, 0.717) is 17.9 Å². The molecule has 2 atom stereocenters. The van der Waals surface area contributed by atoms with Gasteiger partial charge in [-0.2, -0.15) is 0 Å². The van der Waals surface area contributed by atoms with E-state index in [-0.39, 0.29) is 6.04 Å². The third-order valence-electron chi connectivity index (χ3n) is 5.64. The molecule has 1 aliphatic carbocycles. The first-order chi connectivity index (χ1) is 11.6. The number of fused-ring (bicyclic) bond motifs is 1. The molecule has 4 heteroatoms. The van der Waals surface area contributed by atoms with Crippen LogP contribution < -0.4 is 0 Å². The van der Waals surface area contributed by atoms with Gasteiger partial charge in [-0.15, -0.1) is 0 Å². The van der Waals surface area contributed by atoms with Crippen LogP contribution in [0.1, 0.15) is 35.6 Å². The van der Waals surface area contributed by atoms with Crippen LogP contribution in [-0.2, 0) is 12.0 Å². The zero-order valence-electron chi connectivity index (χ0n) is 13.5. The summed E-state index contributed by atoms with van der Waals surface area (Å²) in [6.07, 6.45) is 1.71. The summed E-state index contributed by atoms with van der Waals surface area (Å²) in [6.45, 7) is 1.52. The highest BCUT2D eigenvalue weighted by Crippen LogP contribution is 2.40. The Labute approximate surface area is 147 Å². The highest BCUT2D eigenvalue weighted by atomic mass is 35.5. The topological polar surface area (TPSA) is 43.7 Å². The molecule has 0 aromatic heterocycles. The fraction of sp³-hybridized carbons (Fsp3) is 0.400. The van der Waals surface area contributed by atoms with E-state index < -0.39 is 11.7 Å². The second-order valence-corrected chi connectivity index (χ2v) is 7.37. The lowest BCUT2D eigenvalue weighted by Crippen LogP contribution is -2.48. The van der Waals surface area contributed by atoms with Gasteiger partial charge >= 0.3 is 0 Å². The van der Waals surface area contributed by atoms with Crippen LogP contribution in [0, 0.1) is 0 Å². The monoisotopic (exact) mass is 343 g/mol. The molecule has 3 nitrogen and oxygen atoms in total. The average molecular weight is 344 g/mol. The maximum Gasteiger partial charge on any atom is 0.0951 e. The standard InChI is InChI=1S/C20H22ClNO2/c21-17-8-4-3-7-16(17)20(24)9-11-22(12-10-20)18-13-14-5-1-2-6-15(14)19(18)23/h1-8,18-19,23-24H,9-13H2. The second kappa shape index (κ2) is 6.16. The fourth-order valence-electron chi connectivity index (χ4n) is 4.22. The van der Waals surface area contributed by atoms with Crippen LogP contribution in [0.3, 0.4) is 0 Å². The highest BCUT2D eigenvalue weighted by molar-refractivity contribution is 6.31. The number of nitrogens with zero attached hydrogens (tertiary/aromatic N) is 1. The molecule has 4 rings (SSSR count). The molecule has 0 spiro atoms. The van der Waals surface area contributed by atoms with E-state index in [2.05, 4.69) is 11.0 Å². The number of likely N-dealkylation sites (tertiary alicyclic amines) is 1. The van der Waals surface area contributed by atoms with Crippen LogP contribution in [0.15, 0.2) is 48.5 Å². The van der Waals surface area contributed by atoms with E-state index in [1.54, 1.807) is 0 Å². The molecule has 2 aromatic carbocycles. The summed E-state index contributed by atoms with van der Waals surface area (Å²) in [5.74, 6) is 0. The molecule has 126 valence electrons. The summed E-state index contributed by atoms with van der Waals surface area (Å²) in [6, 6.07) is 15.8. The maximum absolute atomic E-state index is 11.0. The average Bonchev–Trinajstić information content (AvgIpc) is 2.93. The van der Waals surface area contributed by atoms with Gasteiger partial charge in [-0.3, -0.25) is 4.90 Å². The van der Waals surface area contributed by atoms with Gasteiger partial charge in [-0.05, 0) is 36.5 Å². The number of piperidine rings is 1. The van der Waals surface area contributed by atoms with Crippen molar-refractivity contribution in [2.75, 3.05) is 13.1 Å². The summed E-state index contributed by atoms with van der Waals surface area (Å²) in [5.41, 5.74) is 2.24. The van der Waals surface area contributed by atoms with Crippen molar-refractivity contribution in [1.82, 2.24) is 4.90 Å². The minimum Gasteiger partial charge on any atom is -0.387 e. The first-order valence-corrected chi connectivity index (χ1v) is 8.94. The Morgan fingerprint density at radius 1 is 1.00 bits per heavy atom. The molecule has 2 unspecified atom stereocenters. The molecule has 0 saturated carbocycles. The van der Waals surface area contributed by atoms with Crippen molar-refractivity contribution in [2.45, 2.75) is 37.0 Å². The lowest BCUT2D eigenvalue weighted by Gasteiger charge is -2.42. The number of benzene rings is 2. The third kappa shape index (κ3) is 2.66. The summed E-state index contributed by atoms with van der Waals surface area (Å²) in [4.78, 5) is 2.32. The zero-order valence-corrected chi connectivity index (χ0v) is 14.3. The van der Waals surface area contributed by atoms with Gasteiger partial charge in [0, 0.05) is 29.7 Å². The molecule has 1 fully saturated rings. The summed E-state index contributed by atoms with van der Waals surface area (Å²) < 4.78 is 0. The van der Waals surface area contributed by atoms with E-state index in [9.17, 15) is 10.2 Å². The number of aliphatic hydroxyl groups excluding tert-OH is 1. The maximum atomic E-state index is 11.0. The molecule has 0 radical (unpaired) electrons. The lowest BCUT2D eigenvalue weighted by molar-refractivity contribution is -0.0501. The van der Waals surface area contributed by atoms with E-state index >= 15 is 0 Å². The van der Waals surface area contributed by atoms with Gasteiger partial charge < -0.3 is 10.2 Å². The fourth-order valence-corrected chi connectivity index (χ4v) is 4.53. The molecule has 24 heavy (non-hydrogen) atoms. The molecule has 0 bridgehead atoms. The number of aliphatic hydroxyl groups is 2.